The summed E-state index contributed by atoms with van der Waals surface area (Å²) in [5, 5.41) is 10.6. The standard InChI is InChI=1S/C13H9ClFNO3/c14-11-7-10(5-6-13(11)16(17)18)19-8-9-3-1-2-4-12(9)15/h1-7H,8H2. The Bertz CT molecular complexity index is 619. The van der Waals surface area contributed by atoms with Gasteiger partial charge in [-0.05, 0) is 12.1 Å². The van der Waals surface area contributed by atoms with Crippen LogP contribution in [0.2, 0.25) is 5.02 Å². The predicted octanol–water partition coefficient (Wildman–Crippen LogP) is 3.97. The lowest BCUT2D eigenvalue weighted by molar-refractivity contribution is -0.384. The summed E-state index contributed by atoms with van der Waals surface area (Å²) in [6.45, 7) is 0.0286. The molecule has 0 saturated carbocycles. The second-order valence-electron chi connectivity index (χ2n) is 3.75. The molecule has 4 nitrogen and oxygen atoms in total. The average molecular weight is 282 g/mol. The van der Waals surface area contributed by atoms with E-state index in [0.29, 0.717) is 11.3 Å². The number of benzene rings is 2. The number of hydrogen-bond donors (Lipinski definition) is 0. The van der Waals surface area contributed by atoms with Gasteiger partial charge in [-0.15, -0.1) is 0 Å². The number of ether oxygens (including phenoxy) is 1. The molecule has 0 bridgehead atoms. The summed E-state index contributed by atoms with van der Waals surface area (Å²) in [7, 11) is 0. The van der Waals surface area contributed by atoms with E-state index in [9.17, 15) is 14.5 Å². The smallest absolute Gasteiger partial charge is 0.288 e. The van der Waals surface area contributed by atoms with E-state index in [0.717, 1.165) is 0 Å². The summed E-state index contributed by atoms with van der Waals surface area (Å²) >= 11 is 5.74. The first-order valence-electron chi connectivity index (χ1n) is 5.38. The SMILES string of the molecule is O=[N+]([O-])c1ccc(OCc2ccccc2F)cc1Cl. The zero-order valence-electron chi connectivity index (χ0n) is 9.68. The number of nitro benzene ring substituents is 1. The highest BCUT2D eigenvalue weighted by atomic mass is 35.5. The Labute approximate surface area is 113 Å². The summed E-state index contributed by atoms with van der Waals surface area (Å²) in [5.41, 5.74) is 0.205. The molecule has 0 N–H and O–H groups in total. The van der Waals surface area contributed by atoms with Gasteiger partial charge in [0.25, 0.3) is 5.69 Å². The molecule has 0 spiro atoms. The van der Waals surface area contributed by atoms with Crippen LogP contribution < -0.4 is 4.74 Å². The van der Waals surface area contributed by atoms with Gasteiger partial charge in [0.05, 0.1) is 4.92 Å². The van der Waals surface area contributed by atoms with Gasteiger partial charge >= 0.3 is 0 Å². The topological polar surface area (TPSA) is 52.4 Å². The lowest BCUT2D eigenvalue weighted by Crippen LogP contribution is -1.98. The predicted molar refractivity (Wildman–Crippen MR) is 68.8 cm³/mol. The minimum atomic E-state index is -0.580. The quantitative estimate of drug-likeness (QED) is 0.629. The first kappa shape index (κ1) is 13.3. The van der Waals surface area contributed by atoms with E-state index in [4.69, 9.17) is 16.3 Å². The molecule has 6 heteroatoms. The fraction of sp³-hybridized carbons (Fsp3) is 0.0769. The molecular formula is C13H9ClFNO3. The molecule has 0 aromatic heterocycles. The van der Waals surface area contributed by atoms with Crippen LogP contribution in [0.15, 0.2) is 42.5 Å². The molecule has 0 aliphatic heterocycles. The Morgan fingerprint density at radius 2 is 2.00 bits per heavy atom. The van der Waals surface area contributed by atoms with Crippen molar-refractivity contribution in [2.24, 2.45) is 0 Å². The molecule has 2 aromatic carbocycles. The van der Waals surface area contributed by atoms with E-state index in [1.165, 1.54) is 24.3 Å². The maximum Gasteiger partial charge on any atom is 0.288 e. The van der Waals surface area contributed by atoms with E-state index in [1.807, 2.05) is 0 Å². The fourth-order valence-corrected chi connectivity index (χ4v) is 1.74. The Balaban J connectivity index is 2.11. The van der Waals surface area contributed by atoms with Gasteiger partial charge in [0.2, 0.25) is 0 Å². The van der Waals surface area contributed by atoms with Crippen LogP contribution in [0, 0.1) is 15.9 Å². The van der Waals surface area contributed by atoms with Crippen LogP contribution in [0.3, 0.4) is 0 Å². The summed E-state index contributed by atoms with van der Waals surface area (Å²) in [6.07, 6.45) is 0. The van der Waals surface area contributed by atoms with E-state index >= 15 is 0 Å². The Hall–Kier alpha value is -2.14. The molecule has 0 aliphatic rings. The maximum absolute atomic E-state index is 13.3. The first-order valence-corrected chi connectivity index (χ1v) is 5.76. The second-order valence-corrected chi connectivity index (χ2v) is 4.16. The molecule has 0 radical (unpaired) electrons. The molecule has 0 heterocycles. The molecule has 0 atom stereocenters. The Morgan fingerprint density at radius 1 is 1.26 bits per heavy atom. The lowest BCUT2D eigenvalue weighted by Gasteiger charge is -2.07. The third-order valence-electron chi connectivity index (χ3n) is 2.47. The van der Waals surface area contributed by atoms with Crippen molar-refractivity contribution in [3.63, 3.8) is 0 Å². The van der Waals surface area contributed by atoms with E-state index in [1.54, 1.807) is 18.2 Å². The minimum Gasteiger partial charge on any atom is -0.489 e. The number of rotatable bonds is 4. The largest absolute Gasteiger partial charge is 0.489 e. The number of halogens is 2. The summed E-state index contributed by atoms with van der Waals surface area (Å²) in [5.74, 6) is -0.0191. The van der Waals surface area contributed by atoms with Crippen LogP contribution in [0.1, 0.15) is 5.56 Å². The molecule has 0 unspecified atom stereocenters. The van der Waals surface area contributed by atoms with Crippen molar-refractivity contribution in [2.75, 3.05) is 0 Å². The first-order chi connectivity index (χ1) is 9.08. The second kappa shape index (κ2) is 5.67. The highest BCUT2D eigenvalue weighted by Crippen LogP contribution is 2.28. The molecule has 0 amide bonds. The van der Waals surface area contributed by atoms with Gasteiger partial charge in [-0.25, -0.2) is 4.39 Å². The van der Waals surface area contributed by atoms with Crippen LogP contribution >= 0.6 is 11.6 Å². The van der Waals surface area contributed by atoms with Crippen LogP contribution in [0.4, 0.5) is 10.1 Å². The summed E-state index contributed by atoms with van der Waals surface area (Å²) in [6, 6.07) is 10.2. The van der Waals surface area contributed by atoms with Crippen LogP contribution in [-0.4, -0.2) is 4.92 Å². The van der Waals surface area contributed by atoms with Crippen molar-refractivity contribution in [3.8, 4) is 5.75 Å². The molecule has 0 saturated heterocycles. The van der Waals surface area contributed by atoms with Crippen molar-refractivity contribution in [2.45, 2.75) is 6.61 Å². The molecule has 2 aromatic rings. The average Bonchev–Trinajstić information content (AvgIpc) is 2.37. The number of hydrogen-bond acceptors (Lipinski definition) is 3. The summed E-state index contributed by atoms with van der Waals surface area (Å²) in [4.78, 5) is 10.0. The molecular weight excluding hydrogens is 273 g/mol. The van der Waals surface area contributed by atoms with Crippen molar-refractivity contribution in [1.29, 1.82) is 0 Å². The zero-order chi connectivity index (χ0) is 13.8. The van der Waals surface area contributed by atoms with Crippen molar-refractivity contribution >= 4 is 17.3 Å². The van der Waals surface area contributed by atoms with Gasteiger partial charge in [-0.3, -0.25) is 10.1 Å². The van der Waals surface area contributed by atoms with Crippen LogP contribution in [0.5, 0.6) is 5.75 Å². The highest BCUT2D eigenvalue weighted by Gasteiger charge is 2.12. The van der Waals surface area contributed by atoms with Gasteiger partial charge in [0.15, 0.2) is 0 Å². The van der Waals surface area contributed by atoms with Crippen molar-refractivity contribution < 1.29 is 14.1 Å². The third kappa shape index (κ3) is 3.20. The number of nitro groups is 1. The molecule has 98 valence electrons. The monoisotopic (exact) mass is 281 g/mol. The van der Waals surface area contributed by atoms with Gasteiger partial charge in [0.1, 0.15) is 23.2 Å². The normalized spacial score (nSPS) is 10.2. The van der Waals surface area contributed by atoms with Crippen molar-refractivity contribution in [1.82, 2.24) is 0 Å². The Kier molecular flexibility index (Phi) is 3.97. The molecule has 2 rings (SSSR count). The maximum atomic E-state index is 13.3. The molecule has 0 fully saturated rings. The molecule has 19 heavy (non-hydrogen) atoms. The van der Waals surface area contributed by atoms with Gasteiger partial charge < -0.3 is 4.74 Å². The van der Waals surface area contributed by atoms with E-state index in [-0.39, 0.29) is 23.1 Å². The van der Waals surface area contributed by atoms with Gasteiger partial charge in [-0.1, -0.05) is 29.8 Å². The number of nitrogens with zero attached hydrogens (tertiary/aromatic N) is 1. The fourth-order valence-electron chi connectivity index (χ4n) is 1.50. The summed E-state index contributed by atoms with van der Waals surface area (Å²) < 4.78 is 18.7. The zero-order valence-corrected chi connectivity index (χ0v) is 10.4. The van der Waals surface area contributed by atoms with Gasteiger partial charge in [-0.2, -0.15) is 0 Å². The van der Waals surface area contributed by atoms with Crippen molar-refractivity contribution in [3.05, 3.63) is 69.0 Å². The third-order valence-corrected chi connectivity index (χ3v) is 2.77. The Morgan fingerprint density at radius 3 is 2.63 bits per heavy atom. The highest BCUT2D eigenvalue weighted by molar-refractivity contribution is 6.32. The lowest BCUT2D eigenvalue weighted by atomic mass is 10.2. The van der Waals surface area contributed by atoms with Crippen LogP contribution in [0.25, 0.3) is 0 Å². The van der Waals surface area contributed by atoms with E-state index in [2.05, 4.69) is 0 Å². The van der Waals surface area contributed by atoms with E-state index < -0.39 is 4.92 Å². The minimum absolute atomic E-state index is 0.0176. The molecule has 0 aliphatic carbocycles. The van der Waals surface area contributed by atoms with Crippen LogP contribution in [-0.2, 0) is 6.61 Å². The van der Waals surface area contributed by atoms with Gasteiger partial charge in [0, 0.05) is 17.7 Å².